The highest BCUT2D eigenvalue weighted by atomic mass is 16.5. The van der Waals surface area contributed by atoms with Crippen LogP contribution in [-0.2, 0) is 16.6 Å². The van der Waals surface area contributed by atoms with Gasteiger partial charge in [-0.25, -0.2) is 9.48 Å². The molecule has 122 valence electrons. The van der Waals surface area contributed by atoms with Crippen molar-refractivity contribution in [3.63, 3.8) is 0 Å². The average molecular weight is 315 g/mol. The van der Waals surface area contributed by atoms with Crippen LogP contribution in [0.25, 0.3) is 5.69 Å². The highest BCUT2D eigenvalue weighted by Crippen LogP contribution is 2.15. The number of hydrogen-bond donors (Lipinski definition) is 1. The largest absolute Gasteiger partial charge is 0.463 e. The minimum absolute atomic E-state index is 0.173. The van der Waals surface area contributed by atoms with Gasteiger partial charge >= 0.3 is 5.97 Å². The van der Waals surface area contributed by atoms with Crippen molar-refractivity contribution in [1.29, 1.82) is 0 Å². The Morgan fingerprint density at radius 1 is 1.30 bits per heavy atom. The number of ether oxygens (including phenoxy) is 1. The van der Waals surface area contributed by atoms with Gasteiger partial charge in [0.1, 0.15) is 5.69 Å². The monoisotopic (exact) mass is 315 g/mol. The number of anilines is 1. The number of aromatic nitrogens is 2. The van der Waals surface area contributed by atoms with E-state index in [-0.39, 0.29) is 5.56 Å². The van der Waals surface area contributed by atoms with Gasteiger partial charge in [0.05, 0.1) is 18.0 Å². The summed E-state index contributed by atoms with van der Waals surface area (Å²) >= 11 is 0. The highest BCUT2D eigenvalue weighted by molar-refractivity contribution is 5.83. The molecule has 0 aliphatic rings. The van der Waals surface area contributed by atoms with Crippen molar-refractivity contribution in [3.8, 4) is 5.69 Å². The van der Waals surface area contributed by atoms with E-state index in [2.05, 4.69) is 5.32 Å². The molecule has 1 N–H and O–H groups in total. The first-order valence-corrected chi connectivity index (χ1v) is 7.41. The lowest BCUT2D eigenvalue weighted by molar-refractivity contribution is -0.137. The van der Waals surface area contributed by atoms with Crippen LogP contribution in [0.15, 0.2) is 46.9 Å². The Kier molecular flexibility index (Phi) is 5.05. The van der Waals surface area contributed by atoms with Gasteiger partial charge in [-0.15, -0.1) is 0 Å². The lowest BCUT2D eigenvalue weighted by atomic mass is 10.3. The number of hydrogen-bond acceptors (Lipinski definition) is 4. The number of carbonyl (C=O) groups excluding carboxylic acids is 1. The molecule has 0 aliphatic heterocycles. The van der Waals surface area contributed by atoms with Gasteiger partial charge in [0.25, 0.3) is 5.56 Å². The molecular formula is C17H21N3O3. The van der Waals surface area contributed by atoms with Crippen molar-refractivity contribution in [2.24, 2.45) is 7.05 Å². The van der Waals surface area contributed by atoms with Crippen LogP contribution >= 0.6 is 0 Å². The molecule has 2 aromatic rings. The fraction of sp³-hybridized carbons (Fsp3) is 0.294. The SMILES string of the molecule is CCOC(=O)C=C(C)Nc1c(C)n(C)n(-c2ccccc2)c1=O. The van der Waals surface area contributed by atoms with Crippen LogP contribution in [0, 0.1) is 6.92 Å². The summed E-state index contributed by atoms with van der Waals surface area (Å²) in [7, 11) is 1.82. The number of benzene rings is 1. The van der Waals surface area contributed by atoms with Gasteiger partial charge < -0.3 is 10.1 Å². The van der Waals surface area contributed by atoms with E-state index in [0.29, 0.717) is 18.0 Å². The molecule has 1 aromatic carbocycles. The van der Waals surface area contributed by atoms with E-state index in [4.69, 9.17) is 4.74 Å². The standard InChI is InChI=1S/C17H21N3O3/c1-5-23-15(21)11-12(2)18-16-13(3)19(4)20(17(16)22)14-9-7-6-8-10-14/h6-11,18H,5H2,1-4H3. The molecular weight excluding hydrogens is 294 g/mol. The van der Waals surface area contributed by atoms with Crippen LogP contribution in [0.5, 0.6) is 0 Å². The van der Waals surface area contributed by atoms with Crippen molar-refractivity contribution in [1.82, 2.24) is 9.36 Å². The van der Waals surface area contributed by atoms with Gasteiger partial charge in [0.15, 0.2) is 0 Å². The maximum Gasteiger partial charge on any atom is 0.332 e. The molecule has 23 heavy (non-hydrogen) atoms. The zero-order valence-electron chi connectivity index (χ0n) is 13.8. The molecule has 0 saturated heterocycles. The normalized spacial score (nSPS) is 11.4. The second-order valence-corrected chi connectivity index (χ2v) is 5.14. The van der Waals surface area contributed by atoms with Crippen LogP contribution in [0.4, 0.5) is 5.69 Å². The first-order valence-electron chi connectivity index (χ1n) is 7.41. The summed E-state index contributed by atoms with van der Waals surface area (Å²) in [6.07, 6.45) is 1.34. The number of nitrogens with zero attached hydrogens (tertiary/aromatic N) is 2. The van der Waals surface area contributed by atoms with Crippen LogP contribution in [0.3, 0.4) is 0 Å². The average Bonchev–Trinajstić information content (AvgIpc) is 2.72. The van der Waals surface area contributed by atoms with Gasteiger partial charge in [0, 0.05) is 18.8 Å². The van der Waals surface area contributed by atoms with Gasteiger partial charge in [-0.1, -0.05) is 18.2 Å². The summed E-state index contributed by atoms with van der Waals surface area (Å²) in [5.41, 5.74) is 2.37. The second kappa shape index (κ2) is 7.00. The lowest BCUT2D eigenvalue weighted by Crippen LogP contribution is -2.20. The zero-order valence-corrected chi connectivity index (χ0v) is 13.8. The molecule has 0 fully saturated rings. The summed E-state index contributed by atoms with van der Waals surface area (Å²) in [6, 6.07) is 9.39. The van der Waals surface area contributed by atoms with Crippen LogP contribution in [0.2, 0.25) is 0 Å². The Morgan fingerprint density at radius 3 is 2.57 bits per heavy atom. The minimum Gasteiger partial charge on any atom is -0.463 e. The fourth-order valence-electron chi connectivity index (χ4n) is 2.31. The predicted molar refractivity (Wildman–Crippen MR) is 89.8 cm³/mol. The van der Waals surface area contributed by atoms with E-state index in [1.54, 1.807) is 23.2 Å². The van der Waals surface area contributed by atoms with E-state index in [1.165, 1.54) is 6.08 Å². The van der Waals surface area contributed by atoms with Gasteiger partial charge in [-0.3, -0.25) is 9.48 Å². The van der Waals surface area contributed by atoms with E-state index in [0.717, 1.165) is 11.4 Å². The summed E-state index contributed by atoms with van der Waals surface area (Å²) in [5.74, 6) is -0.436. The first kappa shape index (κ1) is 16.6. The molecule has 0 saturated carbocycles. The predicted octanol–water partition coefficient (Wildman–Crippen LogP) is 2.36. The molecule has 1 heterocycles. The number of para-hydroxylation sites is 1. The summed E-state index contributed by atoms with van der Waals surface area (Å²) in [6.45, 7) is 5.62. The van der Waals surface area contributed by atoms with E-state index in [1.807, 2.05) is 44.3 Å². The molecule has 0 radical (unpaired) electrons. The maximum atomic E-state index is 12.7. The van der Waals surface area contributed by atoms with E-state index < -0.39 is 5.97 Å². The zero-order chi connectivity index (χ0) is 17.0. The Labute approximate surface area is 135 Å². The molecule has 0 bridgehead atoms. The highest BCUT2D eigenvalue weighted by Gasteiger charge is 2.16. The fourth-order valence-corrected chi connectivity index (χ4v) is 2.31. The third-order valence-corrected chi connectivity index (χ3v) is 3.50. The topological polar surface area (TPSA) is 65.3 Å². The molecule has 2 rings (SSSR count). The molecule has 0 atom stereocenters. The molecule has 0 unspecified atom stereocenters. The summed E-state index contributed by atoms with van der Waals surface area (Å²) in [5, 5.41) is 3.00. The van der Waals surface area contributed by atoms with Crippen LogP contribution < -0.4 is 10.9 Å². The van der Waals surface area contributed by atoms with Gasteiger partial charge in [-0.2, -0.15) is 0 Å². The molecule has 6 heteroatoms. The van der Waals surface area contributed by atoms with Crippen molar-refractivity contribution in [3.05, 3.63) is 58.2 Å². The van der Waals surface area contributed by atoms with Gasteiger partial charge in [-0.05, 0) is 32.9 Å². The molecule has 0 aliphatic carbocycles. The maximum absolute atomic E-state index is 12.7. The van der Waals surface area contributed by atoms with Crippen molar-refractivity contribution in [2.75, 3.05) is 11.9 Å². The smallest absolute Gasteiger partial charge is 0.332 e. The molecule has 1 aromatic heterocycles. The lowest BCUT2D eigenvalue weighted by Gasteiger charge is -2.07. The van der Waals surface area contributed by atoms with Gasteiger partial charge in [0.2, 0.25) is 0 Å². The quantitative estimate of drug-likeness (QED) is 0.679. The van der Waals surface area contributed by atoms with Crippen molar-refractivity contribution < 1.29 is 9.53 Å². The van der Waals surface area contributed by atoms with E-state index >= 15 is 0 Å². The Bertz CT molecular complexity index is 785. The number of nitrogens with one attached hydrogen (secondary N) is 1. The number of esters is 1. The van der Waals surface area contributed by atoms with Crippen LogP contribution in [0.1, 0.15) is 19.5 Å². The first-order chi connectivity index (χ1) is 11.0. The minimum atomic E-state index is -0.436. The summed E-state index contributed by atoms with van der Waals surface area (Å²) in [4.78, 5) is 24.2. The third kappa shape index (κ3) is 3.53. The Balaban J connectivity index is 2.39. The van der Waals surface area contributed by atoms with Crippen molar-refractivity contribution in [2.45, 2.75) is 20.8 Å². The number of carbonyl (C=O) groups is 1. The second-order valence-electron chi connectivity index (χ2n) is 5.14. The molecule has 6 nitrogen and oxygen atoms in total. The summed E-state index contributed by atoms with van der Waals surface area (Å²) < 4.78 is 8.22. The Morgan fingerprint density at radius 2 is 1.96 bits per heavy atom. The molecule has 0 amide bonds. The van der Waals surface area contributed by atoms with Crippen LogP contribution in [-0.4, -0.2) is 21.9 Å². The van der Waals surface area contributed by atoms with E-state index in [9.17, 15) is 9.59 Å². The Hall–Kier alpha value is -2.76. The molecule has 0 spiro atoms. The number of allylic oxidation sites excluding steroid dienone is 1. The third-order valence-electron chi connectivity index (χ3n) is 3.50. The number of rotatable bonds is 5. The van der Waals surface area contributed by atoms with Crippen molar-refractivity contribution >= 4 is 11.7 Å².